The van der Waals surface area contributed by atoms with E-state index in [1.54, 1.807) is 12.1 Å². The zero-order chi connectivity index (χ0) is 18.1. The molecule has 8 heteroatoms. The monoisotopic (exact) mass is 441 g/mol. The predicted octanol–water partition coefficient (Wildman–Crippen LogP) is 5.01. The molecular formula is C17H10BrClFNO3S. The highest BCUT2D eigenvalue weighted by molar-refractivity contribution is 9.10. The molecule has 1 aromatic heterocycles. The summed E-state index contributed by atoms with van der Waals surface area (Å²) in [6, 6.07) is 9.33. The van der Waals surface area contributed by atoms with Crippen LogP contribution < -0.4 is 5.32 Å². The summed E-state index contributed by atoms with van der Waals surface area (Å²) in [6.07, 6.45) is 0. The lowest BCUT2D eigenvalue weighted by Crippen LogP contribution is -2.33. The first-order valence-corrected chi connectivity index (χ1v) is 9.02. The molecule has 0 radical (unpaired) electrons. The molecular weight excluding hydrogens is 433 g/mol. The maximum Gasteiger partial charge on any atom is 0.330 e. The third-order valence-electron chi connectivity index (χ3n) is 3.53. The minimum absolute atomic E-state index is 0.236. The predicted molar refractivity (Wildman–Crippen MR) is 98.8 cm³/mol. The van der Waals surface area contributed by atoms with Crippen LogP contribution in [0.3, 0.4) is 0 Å². The number of fused-ring (bicyclic) bond motifs is 1. The summed E-state index contributed by atoms with van der Waals surface area (Å²) in [4.78, 5) is 24.2. The van der Waals surface area contributed by atoms with Gasteiger partial charge in [0.15, 0.2) is 6.04 Å². The zero-order valence-corrected chi connectivity index (χ0v) is 15.6. The summed E-state index contributed by atoms with van der Waals surface area (Å²) >= 11 is 10.2. The molecule has 0 saturated heterocycles. The standard InChI is InChI=1S/C17H10BrClFNO3S/c18-10-6-8(4-5-11(10)19)15(17(23)24)21-16(22)14-7-9-12(20)2-1-3-13(9)25-14/h1-7,15H,(H,21,22)(H,23,24). The van der Waals surface area contributed by atoms with Crippen LogP contribution in [0.25, 0.3) is 10.1 Å². The van der Waals surface area contributed by atoms with Crippen molar-refractivity contribution in [2.24, 2.45) is 0 Å². The summed E-state index contributed by atoms with van der Waals surface area (Å²) in [5, 5.41) is 12.7. The van der Waals surface area contributed by atoms with Crippen LogP contribution in [0, 0.1) is 5.82 Å². The average molecular weight is 443 g/mol. The van der Waals surface area contributed by atoms with Gasteiger partial charge in [0.1, 0.15) is 5.82 Å². The van der Waals surface area contributed by atoms with Gasteiger partial charge in [-0.3, -0.25) is 4.79 Å². The third-order valence-corrected chi connectivity index (χ3v) is 5.84. The van der Waals surface area contributed by atoms with Crippen molar-refractivity contribution in [1.29, 1.82) is 0 Å². The van der Waals surface area contributed by atoms with Gasteiger partial charge in [0.25, 0.3) is 5.91 Å². The van der Waals surface area contributed by atoms with E-state index in [0.717, 1.165) is 11.3 Å². The van der Waals surface area contributed by atoms with Gasteiger partial charge in [0.2, 0.25) is 0 Å². The number of carboxylic acid groups (broad SMARTS) is 1. The molecule has 3 aromatic rings. The first-order chi connectivity index (χ1) is 11.9. The molecule has 0 aliphatic carbocycles. The van der Waals surface area contributed by atoms with Crippen LogP contribution in [0.2, 0.25) is 5.02 Å². The van der Waals surface area contributed by atoms with E-state index in [0.29, 0.717) is 25.1 Å². The maximum atomic E-state index is 13.8. The summed E-state index contributed by atoms with van der Waals surface area (Å²) in [5.74, 6) is -2.22. The molecule has 0 aliphatic heterocycles. The molecule has 0 fully saturated rings. The number of hydrogen-bond acceptors (Lipinski definition) is 3. The minimum Gasteiger partial charge on any atom is -0.479 e. The number of carboxylic acids is 1. The lowest BCUT2D eigenvalue weighted by molar-refractivity contribution is -0.139. The fourth-order valence-corrected chi connectivity index (χ4v) is 3.81. The van der Waals surface area contributed by atoms with Gasteiger partial charge in [-0.05, 0) is 51.8 Å². The van der Waals surface area contributed by atoms with E-state index in [1.165, 1.54) is 30.3 Å². The third kappa shape index (κ3) is 3.68. The molecule has 2 N–H and O–H groups in total. The average Bonchev–Trinajstić information content (AvgIpc) is 3.00. The Morgan fingerprint density at radius 2 is 2.00 bits per heavy atom. The summed E-state index contributed by atoms with van der Waals surface area (Å²) in [6.45, 7) is 0. The van der Waals surface area contributed by atoms with Gasteiger partial charge in [-0.1, -0.05) is 23.7 Å². The Kier molecular flexibility index (Phi) is 5.08. The molecule has 1 amide bonds. The molecule has 25 heavy (non-hydrogen) atoms. The van der Waals surface area contributed by atoms with Gasteiger partial charge in [-0.2, -0.15) is 0 Å². The van der Waals surface area contributed by atoms with E-state index in [-0.39, 0.29) is 4.88 Å². The topological polar surface area (TPSA) is 66.4 Å². The Morgan fingerprint density at radius 1 is 1.24 bits per heavy atom. The molecule has 0 aliphatic rings. The number of thiophene rings is 1. The van der Waals surface area contributed by atoms with Crippen molar-refractivity contribution in [3.05, 3.63) is 68.2 Å². The normalized spacial score (nSPS) is 12.1. The molecule has 1 unspecified atom stereocenters. The van der Waals surface area contributed by atoms with Crippen LogP contribution in [0.15, 0.2) is 46.9 Å². The Labute approximate surface area is 159 Å². The summed E-state index contributed by atoms with van der Waals surface area (Å²) < 4.78 is 14.9. The van der Waals surface area contributed by atoms with Crippen molar-refractivity contribution in [3.8, 4) is 0 Å². The highest BCUT2D eigenvalue weighted by atomic mass is 79.9. The number of carbonyl (C=O) groups is 2. The van der Waals surface area contributed by atoms with Crippen molar-refractivity contribution < 1.29 is 19.1 Å². The van der Waals surface area contributed by atoms with Crippen LogP contribution in [0.1, 0.15) is 21.3 Å². The van der Waals surface area contributed by atoms with Gasteiger partial charge in [0, 0.05) is 14.6 Å². The Hall–Kier alpha value is -1.96. The second-order valence-corrected chi connectivity index (χ2v) is 7.53. The zero-order valence-electron chi connectivity index (χ0n) is 12.4. The molecule has 128 valence electrons. The smallest absolute Gasteiger partial charge is 0.330 e. The van der Waals surface area contributed by atoms with Crippen LogP contribution in [0.5, 0.6) is 0 Å². The molecule has 1 heterocycles. The molecule has 0 spiro atoms. The van der Waals surface area contributed by atoms with Crippen molar-refractivity contribution in [2.75, 3.05) is 0 Å². The number of aliphatic carboxylic acids is 1. The fourth-order valence-electron chi connectivity index (χ4n) is 2.32. The quantitative estimate of drug-likeness (QED) is 0.597. The molecule has 1 atom stereocenters. The van der Waals surface area contributed by atoms with Crippen LogP contribution >= 0.6 is 38.9 Å². The number of amides is 1. The minimum atomic E-state index is -1.25. The fraction of sp³-hybridized carbons (Fsp3) is 0.0588. The second kappa shape index (κ2) is 7.11. The van der Waals surface area contributed by atoms with Crippen molar-refractivity contribution in [1.82, 2.24) is 5.32 Å². The maximum absolute atomic E-state index is 13.8. The number of halogens is 3. The number of rotatable bonds is 4. The number of hydrogen-bond donors (Lipinski definition) is 2. The number of carbonyl (C=O) groups excluding carboxylic acids is 1. The molecule has 0 bridgehead atoms. The highest BCUT2D eigenvalue weighted by Gasteiger charge is 2.24. The van der Waals surface area contributed by atoms with Gasteiger partial charge in [-0.25, -0.2) is 9.18 Å². The van der Waals surface area contributed by atoms with Crippen LogP contribution in [-0.4, -0.2) is 17.0 Å². The van der Waals surface area contributed by atoms with Gasteiger partial charge in [-0.15, -0.1) is 11.3 Å². The number of benzene rings is 2. The van der Waals surface area contributed by atoms with E-state index in [1.807, 2.05) is 0 Å². The van der Waals surface area contributed by atoms with Crippen molar-refractivity contribution >= 4 is 60.8 Å². The summed E-state index contributed by atoms with van der Waals surface area (Å²) in [7, 11) is 0. The molecule has 2 aromatic carbocycles. The molecule has 3 rings (SSSR count). The first kappa shape index (κ1) is 17.8. The van der Waals surface area contributed by atoms with Crippen LogP contribution in [0.4, 0.5) is 4.39 Å². The SMILES string of the molecule is O=C(NC(C(=O)O)c1ccc(Cl)c(Br)c1)c1cc2c(F)cccc2s1. The van der Waals surface area contributed by atoms with E-state index < -0.39 is 23.7 Å². The van der Waals surface area contributed by atoms with Gasteiger partial charge in [0.05, 0.1) is 9.90 Å². The van der Waals surface area contributed by atoms with Gasteiger partial charge >= 0.3 is 5.97 Å². The Balaban J connectivity index is 1.91. The first-order valence-electron chi connectivity index (χ1n) is 7.03. The van der Waals surface area contributed by atoms with Crippen molar-refractivity contribution in [3.63, 3.8) is 0 Å². The van der Waals surface area contributed by atoms with E-state index in [9.17, 15) is 19.1 Å². The Morgan fingerprint density at radius 3 is 2.64 bits per heavy atom. The van der Waals surface area contributed by atoms with Gasteiger partial charge < -0.3 is 10.4 Å². The second-order valence-electron chi connectivity index (χ2n) is 5.18. The van der Waals surface area contributed by atoms with Crippen molar-refractivity contribution in [2.45, 2.75) is 6.04 Å². The van der Waals surface area contributed by atoms with Crippen LogP contribution in [-0.2, 0) is 4.79 Å². The molecule has 0 saturated carbocycles. The number of nitrogens with one attached hydrogen (secondary N) is 1. The Bertz CT molecular complexity index is 991. The lowest BCUT2D eigenvalue weighted by Gasteiger charge is -2.15. The van der Waals surface area contributed by atoms with E-state index in [4.69, 9.17) is 11.6 Å². The lowest BCUT2D eigenvalue weighted by atomic mass is 10.1. The van der Waals surface area contributed by atoms with E-state index >= 15 is 0 Å². The summed E-state index contributed by atoms with van der Waals surface area (Å²) in [5.41, 5.74) is 0.365. The largest absolute Gasteiger partial charge is 0.479 e. The van der Waals surface area contributed by atoms with E-state index in [2.05, 4.69) is 21.2 Å². The molecule has 4 nitrogen and oxygen atoms in total. The highest BCUT2D eigenvalue weighted by Crippen LogP contribution is 2.29.